The van der Waals surface area contributed by atoms with Crippen molar-refractivity contribution in [3.05, 3.63) is 64.2 Å². The SMILES string of the molecule is CC1(NC(=O)COc2ccc(Cl)c(F)c2)CC(C(=O)NCc2ccc(F)c(C(F)(F)F)c2)C1. The van der Waals surface area contributed by atoms with Crippen molar-refractivity contribution in [3.63, 3.8) is 0 Å². The summed E-state index contributed by atoms with van der Waals surface area (Å²) in [6, 6.07) is 6.32. The summed E-state index contributed by atoms with van der Waals surface area (Å²) in [6.07, 6.45) is -4.20. The van der Waals surface area contributed by atoms with Crippen LogP contribution in [0.15, 0.2) is 36.4 Å². The third-order valence-corrected chi connectivity index (χ3v) is 5.58. The third kappa shape index (κ3) is 6.34. The lowest BCUT2D eigenvalue weighted by Gasteiger charge is -2.44. The second-order valence-electron chi connectivity index (χ2n) is 8.11. The normalized spacial score (nSPS) is 20.0. The van der Waals surface area contributed by atoms with E-state index in [0.29, 0.717) is 25.0 Å². The molecule has 33 heavy (non-hydrogen) atoms. The lowest BCUT2D eigenvalue weighted by atomic mass is 9.69. The quantitative estimate of drug-likeness (QED) is 0.557. The first-order valence-corrected chi connectivity index (χ1v) is 10.3. The van der Waals surface area contributed by atoms with Crippen LogP contribution in [0.25, 0.3) is 0 Å². The Balaban J connectivity index is 1.44. The fourth-order valence-electron chi connectivity index (χ4n) is 3.64. The van der Waals surface area contributed by atoms with E-state index in [1.807, 2.05) is 0 Å². The van der Waals surface area contributed by atoms with Gasteiger partial charge in [0.1, 0.15) is 17.4 Å². The van der Waals surface area contributed by atoms with Crippen molar-refractivity contribution >= 4 is 23.4 Å². The fraction of sp³-hybridized carbons (Fsp3) is 0.364. The molecular formula is C22H20ClF5N2O3. The number of halogens is 6. The van der Waals surface area contributed by atoms with Crippen molar-refractivity contribution < 1.29 is 36.3 Å². The summed E-state index contributed by atoms with van der Waals surface area (Å²) in [5.74, 6) is -3.20. The number of carbonyl (C=O) groups is 2. The van der Waals surface area contributed by atoms with Crippen molar-refractivity contribution in [2.24, 2.45) is 5.92 Å². The molecule has 2 N–H and O–H groups in total. The van der Waals surface area contributed by atoms with Crippen LogP contribution in [0, 0.1) is 17.6 Å². The van der Waals surface area contributed by atoms with Crippen molar-refractivity contribution in [1.82, 2.24) is 10.6 Å². The van der Waals surface area contributed by atoms with E-state index >= 15 is 0 Å². The standard InChI is InChI=1S/C22H20ClF5N2O3/c1-21(30-19(31)11-33-14-3-4-16(23)18(25)7-14)8-13(9-21)20(32)29-10-12-2-5-17(24)15(6-12)22(26,27)28/h2-7,13H,8-11H2,1H3,(H,29,32)(H,30,31). The Morgan fingerprint density at radius 1 is 1.12 bits per heavy atom. The Morgan fingerprint density at radius 2 is 1.82 bits per heavy atom. The van der Waals surface area contributed by atoms with Crippen LogP contribution >= 0.6 is 11.6 Å². The zero-order valence-corrected chi connectivity index (χ0v) is 18.1. The van der Waals surface area contributed by atoms with Crippen LogP contribution in [-0.4, -0.2) is 24.0 Å². The number of benzene rings is 2. The highest BCUT2D eigenvalue weighted by atomic mass is 35.5. The number of nitrogens with one attached hydrogen (secondary N) is 2. The van der Waals surface area contributed by atoms with E-state index in [0.717, 1.165) is 6.07 Å². The van der Waals surface area contributed by atoms with Gasteiger partial charge in [-0.25, -0.2) is 8.78 Å². The molecule has 1 fully saturated rings. The summed E-state index contributed by atoms with van der Waals surface area (Å²) in [7, 11) is 0. The van der Waals surface area contributed by atoms with Crippen LogP contribution in [0.3, 0.4) is 0 Å². The smallest absolute Gasteiger partial charge is 0.419 e. The van der Waals surface area contributed by atoms with Crippen molar-refractivity contribution in [3.8, 4) is 5.75 Å². The summed E-state index contributed by atoms with van der Waals surface area (Å²) < 4.78 is 70.4. The van der Waals surface area contributed by atoms with Gasteiger partial charge in [0.05, 0.1) is 10.6 Å². The Kier molecular flexibility index (Phi) is 7.16. The predicted octanol–water partition coefficient (Wildman–Crippen LogP) is 4.62. The predicted molar refractivity (Wildman–Crippen MR) is 109 cm³/mol. The van der Waals surface area contributed by atoms with Crippen molar-refractivity contribution in [2.45, 2.75) is 38.0 Å². The van der Waals surface area contributed by atoms with E-state index in [1.54, 1.807) is 6.92 Å². The number of carbonyl (C=O) groups excluding carboxylic acids is 2. The Bertz CT molecular complexity index is 1050. The highest BCUT2D eigenvalue weighted by molar-refractivity contribution is 6.30. The Labute approximate surface area is 191 Å². The number of hydrogen-bond acceptors (Lipinski definition) is 3. The van der Waals surface area contributed by atoms with E-state index in [9.17, 15) is 31.5 Å². The summed E-state index contributed by atoms with van der Waals surface area (Å²) in [5.41, 5.74) is -1.94. The molecule has 0 bridgehead atoms. The van der Waals surface area contributed by atoms with E-state index < -0.39 is 40.7 Å². The van der Waals surface area contributed by atoms with Gasteiger partial charge in [-0.05, 0) is 49.6 Å². The summed E-state index contributed by atoms with van der Waals surface area (Å²) >= 11 is 5.58. The van der Waals surface area contributed by atoms with Crippen LogP contribution in [0.1, 0.15) is 30.9 Å². The highest BCUT2D eigenvalue weighted by Gasteiger charge is 2.44. The lowest BCUT2D eigenvalue weighted by molar-refractivity contribution is -0.140. The monoisotopic (exact) mass is 490 g/mol. The number of hydrogen-bond donors (Lipinski definition) is 2. The molecule has 3 rings (SSSR count). The number of alkyl halides is 3. The molecule has 0 aliphatic heterocycles. The van der Waals surface area contributed by atoms with E-state index in [4.69, 9.17) is 16.3 Å². The summed E-state index contributed by atoms with van der Waals surface area (Å²) in [5, 5.41) is 5.21. The van der Waals surface area contributed by atoms with Gasteiger partial charge in [-0.15, -0.1) is 0 Å². The van der Waals surface area contributed by atoms with E-state index in [2.05, 4.69) is 10.6 Å². The highest BCUT2D eigenvalue weighted by Crippen LogP contribution is 2.38. The molecule has 0 radical (unpaired) electrons. The molecular weight excluding hydrogens is 471 g/mol. The molecule has 0 saturated heterocycles. The average molecular weight is 491 g/mol. The van der Waals surface area contributed by atoms with Crippen molar-refractivity contribution in [1.29, 1.82) is 0 Å². The molecule has 0 heterocycles. The molecule has 1 aliphatic carbocycles. The summed E-state index contributed by atoms with van der Waals surface area (Å²) in [6.45, 7) is 1.19. The fourth-order valence-corrected chi connectivity index (χ4v) is 3.75. The molecule has 11 heteroatoms. The van der Waals surface area contributed by atoms with Gasteiger partial charge in [-0.2, -0.15) is 13.2 Å². The van der Waals surface area contributed by atoms with Gasteiger partial charge >= 0.3 is 6.18 Å². The Morgan fingerprint density at radius 3 is 2.45 bits per heavy atom. The minimum absolute atomic E-state index is 0.0710. The van der Waals surface area contributed by atoms with Crippen molar-refractivity contribution in [2.75, 3.05) is 6.61 Å². The number of ether oxygens (including phenoxy) is 1. The van der Waals surface area contributed by atoms with Crippen LogP contribution < -0.4 is 15.4 Å². The van der Waals surface area contributed by atoms with Crippen LogP contribution in [0.2, 0.25) is 5.02 Å². The molecule has 0 spiro atoms. The van der Waals surface area contributed by atoms with Gasteiger partial charge < -0.3 is 15.4 Å². The molecule has 2 aromatic carbocycles. The Hall–Kier alpha value is -2.88. The molecule has 2 aromatic rings. The average Bonchev–Trinajstić information content (AvgIpc) is 2.71. The number of amides is 2. The maximum atomic E-state index is 13.4. The second kappa shape index (κ2) is 9.54. The van der Waals surface area contributed by atoms with Crippen LogP contribution in [0.5, 0.6) is 5.75 Å². The van der Waals surface area contributed by atoms with Gasteiger partial charge in [-0.1, -0.05) is 17.7 Å². The van der Waals surface area contributed by atoms with Gasteiger partial charge in [0, 0.05) is 24.1 Å². The first-order valence-electron chi connectivity index (χ1n) is 9.88. The zero-order chi connectivity index (χ0) is 24.4. The third-order valence-electron chi connectivity index (χ3n) is 5.27. The van der Waals surface area contributed by atoms with Gasteiger partial charge in [-0.3, -0.25) is 9.59 Å². The van der Waals surface area contributed by atoms with Gasteiger partial charge in [0.2, 0.25) is 5.91 Å². The van der Waals surface area contributed by atoms with E-state index in [-0.39, 0.29) is 35.4 Å². The maximum absolute atomic E-state index is 13.4. The molecule has 0 atom stereocenters. The first kappa shape index (κ1) is 24.8. The maximum Gasteiger partial charge on any atom is 0.419 e. The minimum atomic E-state index is -4.83. The zero-order valence-electron chi connectivity index (χ0n) is 17.4. The van der Waals surface area contributed by atoms with Crippen LogP contribution in [-0.2, 0) is 22.3 Å². The first-order chi connectivity index (χ1) is 15.4. The molecule has 178 valence electrons. The topological polar surface area (TPSA) is 67.4 Å². The summed E-state index contributed by atoms with van der Waals surface area (Å²) in [4.78, 5) is 24.4. The molecule has 1 aliphatic rings. The van der Waals surface area contributed by atoms with Crippen LogP contribution in [0.4, 0.5) is 22.0 Å². The lowest BCUT2D eigenvalue weighted by Crippen LogP contribution is -2.59. The molecule has 5 nitrogen and oxygen atoms in total. The molecule has 0 aromatic heterocycles. The minimum Gasteiger partial charge on any atom is -0.484 e. The van der Waals surface area contributed by atoms with Gasteiger partial charge in [0.15, 0.2) is 6.61 Å². The largest absolute Gasteiger partial charge is 0.484 e. The van der Waals surface area contributed by atoms with Gasteiger partial charge in [0.25, 0.3) is 5.91 Å². The van der Waals surface area contributed by atoms with E-state index in [1.165, 1.54) is 18.2 Å². The number of rotatable bonds is 7. The molecule has 0 unspecified atom stereocenters. The second-order valence-corrected chi connectivity index (χ2v) is 8.52. The molecule has 1 saturated carbocycles. The molecule has 2 amide bonds.